The number of hydrogen-bond acceptors (Lipinski definition) is 0. The van der Waals surface area contributed by atoms with E-state index in [9.17, 15) is 8.78 Å². The second-order valence-corrected chi connectivity index (χ2v) is 2.32. The molecule has 0 aromatic heterocycles. The molecule has 1 fully saturated rings. The first-order valence-corrected chi connectivity index (χ1v) is 4.09. The minimum atomic E-state index is -1.16. The van der Waals surface area contributed by atoms with E-state index >= 15 is 0 Å². The van der Waals surface area contributed by atoms with Crippen LogP contribution in [0.3, 0.4) is 0 Å². The summed E-state index contributed by atoms with van der Waals surface area (Å²) >= 11 is 0. The first kappa shape index (κ1) is 13.4. The summed E-state index contributed by atoms with van der Waals surface area (Å²) in [5.74, 6) is 0. The normalized spacial score (nSPS) is 29.5. The van der Waals surface area contributed by atoms with Crippen LogP contribution in [-0.4, -0.2) is 17.8 Å². The molecule has 2 unspecified atom stereocenters. The Labute approximate surface area is 67.1 Å². The average molecular weight is 168 g/mol. The SMILES string of the molecule is CC.FC1CCCCC1F.O. The van der Waals surface area contributed by atoms with Crippen molar-refractivity contribution in [1.29, 1.82) is 0 Å². The molecular formula is C8H18F2O. The molecule has 0 aromatic rings. The lowest BCUT2D eigenvalue weighted by atomic mass is 9.97. The van der Waals surface area contributed by atoms with Gasteiger partial charge in [0, 0.05) is 0 Å². The van der Waals surface area contributed by atoms with E-state index in [2.05, 4.69) is 0 Å². The molecule has 2 N–H and O–H groups in total. The molecule has 0 amide bonds. The molecule has 0 aromatic carbocycles. The minimum Gasteiger partial charge on any atom is -0.412 e. The Morgan fingerprint density at radius 2 is 1.18 bits per heavy atom. The first-order chi connectivity index (χ1) is 4.80. The van der Waals surface area contributed by atoms with E-state index in [-0.39, 0.29) is 5.48 Å². The molecule has 0 saturated heterocycles. The maximum Gasteiger partial charge on any atom is 0.131 e. The maximum atomic E-state index is 12.2. The van der Waals surface area contributed by atoms with Crippen LogP contribution in [0.15, 0.2) is 0 Å². The summed E-state index contributed by atoms with van der Waals surface area (Å²) in [6, 6.07) is 0. The zero-order valence-corrected chi connectivity index (χ0v) is 7.24. The van der Waals surface area contributed by atoms with Crippen molar-refractivity contribution < 1.29 is 14.3 Å². The van der Waals surface area contributed by atoms with Crippen molar-refractivity contribution >= 4 is 0 Å². The van der Waals surface area contributed by atoms with Crippen LogP contribution >= 0.6 is 0 Å². The van der Waals surface area contributed by atoms with E-state index in [1.54, 1.807) is 0 Å². The predicted molar refractivity (Wildman–Crippen MR) is 43.2 cm³/mol. The van der Waals surface area contributed by atoms with Crippen molar-refractivity contribution in [1.82, 2.24) is 0 Å². The Kier molecular flexibility index (Phi) is 9.66. The van der Waals surface area contributed by atoms with Crippen LogP contribution in [0.4, 0.5) is 8.78 Å². The monoisotopic (exact) mass is 168 g/mol. The molecule has 0 aliphatic heterocycles. The number of rotatable bonds is 0. The van der Waals surface area contributed by atoms with Crippen molar-refractivity contribution in [2.45, 2.75) is 51.9 Å². The highest BCUT2D eigenvalue weighted by Gasteiger charge is 2.23. The van der Waals surface area contributed by atoms with Crippen molar-refractivity contribution in [2.24, 2.45) is 0 Å². The maximum absolute atomic E-state index is 12.2. The van der Waals surface area contributed by atoms with Gasteiger partial charge in [-0.2, -0.15) is 0 Å². The lowest BCUT2D eigenvalue weighted by Gasteiger charge is -2.17. The first-order valence-electron chi connectivity index (χ1n) is 4.09. The van der Waals surface area contributed by atoms with Gasteiger partial charge in [-0.3, -0.25) is 0 Å². The van der Waals surface area contributed by atoms with Crippen LogP contribution in [0.2, 0.25) is 0 Å². The number of hydrogen-bond donors (Lipinski definition) is 0. The summed E-state index contributed by atoms with van der Waals surface area (Å²) in [4.78, 5) is 0. The fraction of sp³-hybridized carbons (Fsp3) is 1.00. The fourth-order valence-electron chi connectivity index (χ4n) is 1.04. The second-order valence-electron chi connectivity index (χ2n) is 2.32. The Balaban J connectivity index is 0. The molecule has 1 aliphatic carbocycles. The van der Waals surface area contributed by atoms with E-state index in [1.807, 2.05) is 13.8 Å². The van der Waals surface area contributed by atoms with Gasteiger partial charge in [-0.05, 0) is 12.8 Å². The standard InChI is InChI=1S/C6H10F2.C2H6.H2O/c7-5-3-1-2-4-6(5)8;1-2;/h5-6H,1-4H2;1-2H3;1H2. The topological polar surface area (TPSA) is 31.5 Å². The summed E-state index contributed by atoms with van der Waals surface area (Å²) in [5.41, 5.74) is 0. The van der Waals surface area contributed by atoms with Crippen molar-refractivity contribution in [3.8, 4) is 0 Å². The molecule has 1 rings (SSSR count). The van der Waals surface area contributed by atoms with E-state index in [0.29, 0.717) is 12.8 Å². The molecule has 1 aliphatic rings. The van der Waals surface area contributed by atoms with E-state index in [0.717, 1.165) is 12.8 Å². The third-order valence-corrected chi connectivity index (χ3v) is 1.60. The highest BCUT2D eigenvalue weighted by molar-refractivity contribution is 4.73. The Bertz CT molecular complexity index is 68.5. The van der Waals surface area contributed by atoms with Crippen LogP contribution in [-0.2, 0) is 0 Å². The van der Waals surface area contributed by atoms with Crippen LogP contribution in [0, 0.1) is 0 Å². The van der Waals surface area contributed by atoms with Gasteiger partial charge in [0.05, 0.1) is 0 Å². The lowest BCUT2D eigenvalue weighted by molar-refractivity contribution is 0.120. The molecule has 11 heavy (non-hydrogen) atoms. The summed E-state index contributed by atoms with van der Waals surface area (Å²) in [7, 11) is 0. The molecule has 0 heterocycles. The molecule has 3 heteroatoms. The molecule has 70 valence electrons. The van der Waals surface area contributed by atoms with Crippen LogP contribution in [0.1, 0.15) is 39.5 Å². The molecule has 0 bridgehead atoms. The van der Waals surface area contributed by atoms with Gasteiger partial charge in [0.25, 0.3) is 0 Å². The van der Waals surface area contributed by atoms with Crippen LogP contribution in [0.5, 0.6) is 0 Å². The van der Waals surface area contributed by atoms with Gasteiger partial charge in [-0.25, -0.2) is 8.78 Å². The van der Waals surface area contributed by atoms with Gasteiger partial charge in [-0.15, -0.1) is 0 Å². The highest BCUT2D eigenvalue weighted by Crippen LogP contribution is 2.23. The zero-order valence-electron chi connectivity index (χ0n) is 7.24. The Morgan fingerprint density at radius 3 is 1.36 bits per heavy atom. The van der Waals surface area contributed by atoms with Gasteiger partial charge < -0.3 is 5.48 Å². The average Bonchev–Trinajstić information content (AvgIpc) is 2.00. The van der Waals surface area contributed by atoms with E-state index in [1.165, 1.54) is 0 Å². The summed E-state index contributed by atoms with van der Waals surface area (Å²) in [6.45, 7) is 4.00. The minimum absolute atomic E-state index is 0. The zero-order chi connectivity index (χ0) is 7.98. The third kappa shape index (κ3) is 5.13. The van der Waals surface area contributed by atoms with E-state index in [4.69, 9.17) is 0 Å². The summed E-state index contributed by atoms with van der Waals surface area (Å²) in [5, 5.41) is 0. The predicted octanol–water partition coefficient (Wildman–Crippen LogP) is 2.44. The highest BCUT2D eigenvalue weighted by atomic mass is 19.2. The van der Waals surface area contributed by atoms with Gasteiger partial charge in [0.15, 0.2) is 0 Å². The number of halogens is 2. The summed E-state index contributed by atoms with van der Waals surface area (Å²) in [6.07, 6.45) is 0.262. The Morgan fingerprint density at radius 1 is 0.909 bits per heavy atom. The van der Waals surface area contributed by atoms with Gasteiger partial charge in [-0.1, -0.05) is 26.7 Å². The molecule has 0 radical (unpaired) electrons. The van der Waals surface area contributed by atoms with Gasteiger partial charge >= 0.3 is 0 Å². The Hall–Kier alpha value is -0.180. The second kappa shape index (κ2) is 7.92. The van der Waals surface area contributed by atoms with Gasteiger partial charge in [0.1, 0.15) is 12.3 Å². The third-order valence-electron chi connectivity index (χ3n) is 1.60. The summed E-state index contributed by atoms with van der Waals surface area (Å²) < 4.78 is 24.4. The van der Waals surface area contributed by atoms with Crippen molar-refractivity contribution in [2.75, 3.05) is 0 Å². The number of alkyl halides is 2. The molecule has 1 nitrogen and oxygen atoms in total. The lowest BCUT2D eigenvalue weighted by Crippen LogP contribution is -2.21. The van der Waals surface area contributed by atoms with Crippen LogP contribution in [0.25, 0.3) is 0 Å². The van der Waals surface area contributed by atoms with E-state index < -0.39 is 12.3 Å². The quantitative estimate of drug-likeness (QED) is 0.532. The van der Waals surface area contributed by atoms with Crippen LogP contribution < -0.4 is 0 Å². The fourth-order valence-corrected chi connectivity index (χ4v) is 1.04. The molecule has 2 atom stereocenters. The van der Waals surface area contributed by atoms with Crippen molar-refractivity contribution in [3.63, 3.8) is 0 Å². The molecule has 1 saturated carbocycles. The molecule has 0 spiro atoms. The van der Waals surface area contributed by atoms with Gasteiger partial charge in [0.2, 0.25) is 0 Å². The smallest absolute Gasteiger partial charge is 0.131 e. The molecular weight excluding hydrogens is 150 g/mol. The van der Waals surface area contributed by atoms with Crippen molar-refractivity contribution in [3.05, 3.63) is 0 Å². The largest absolute Gasteiger partial charge is 0.412 e.